The summed E-state index contributed by atoms with van der Waals surface area (Å²) in [5.41, 5.74) is 4.95. The van der Waals surface area contributed by atoms with E-state index in [4.69, 9.17) is 4.74 Å². The van der Waals surface area contributed by atoms with Crippen LogP contribution in [-0.4, -0.2) is 30.4 Å². The molecule has 0 radical (unpaired) electrons. The van der Waals surface area contributed by atoms with E-state index in [1.54, 1.807) is 11.8 Å². The average molecular weight is 455 g/mol. The lowest BCUT2D eigenvalue weighted by Crippen LogP contribution is -2.40. The number of halogens is 1. The molecular formula is C25H27ClN2O2S. The number of aliphatic hydroxyl groups excluding tert-OH is 1. The summed E-state index contributed by atoms with van der Waals surface area (Å²) in [4.78, 5) is 2.35. The summed E-state index contributed by atoms with van der Waals surface area (Å²) in [6.45, 7) is 0.799. The van der Waals surface area contributed by atoms with Gasteiger partial charge in [-0.05, 0) is 54.7 Å². The van der Waals surface area contributed by atoms with Crippen molar-refractivity contribution in [1.29, 1.82) is 0 Å². The maximum atomic E-state index is 10.5. The van der Waals surface area contributed by atoms with Crippen molar-refractivity contribution < 1.29 is 9.84 Å². The highest BCUT2D eigenvalue weighted by Crippen LogP contribution is 2.47. The highest BCUT2D eigenvalue weighted by Gasteiger charge is 2.21. The number of hydrogen-bond acceptors (Lipinski definition) is 5. The Morgan fingerprint density at radius 1 is 1.00 bits per heavy atom. The molecule has 162 valence electrons. The van der Waals surface area contributed by atoms with Gasteiger partial charge in [0.1, 0.15) is 18.5 Å². The maximum absolute atomic E-state index is 10.5. The van der Waals surface area contributed by atoms with Gasteiger partial charge in [0, 0.05) is 22.4 Å². The molecule has 5 rings (SSSR count). The SMILES string of the molecule is Cl.OC(CNC1CCc2ccccc2C1)COc1cccc2c1Nc1ccccc1S2. The molecule has 3 aromatic carbocycles. The van der Waals surface area contributed by atoms with Crippen LogP contribution in [-0.2, 0) is 12.8 Å². The van der Waals surface area contributed by atoms with Crippen LogP contribution in [0, 0.1) is 0 Å². The number of aryl methyl sites for hydroxylation is 1. The van der Waals surface area contributed by atoms with Crippen molar-refractivity contribution in [3.63, 3.8) is 0 Å². The summed E-state index contributed by atoms with van der Waals surface area (Å²) in [5, 5.41) is 17.5. The van der Waals surface area contributed by atoms with Gasteiger partial charge in [0.15, 0.2) is 0 Å². The quantitative estimate of drug-likeness (QED) is 0.373. The molecule has 0 bridgehead atoms. The molecule has 1 aliphatic heterocycles. The van der Waals surface area contributed by atoms with Crippen LogP contribution in [0.25, 0.3) is 0 Å². The van der Waals surface area contributed by atoms with Crippen LogP contribution in [0.2, 0.25) is 0 Å². The number of anilines is 2. The van der Waals surface area contributed by atoms with E-state index in [2.05, 4.69) is 53.1 Å². The molecule has 31 heavy (non-hydrogen) atoms. The predicted molar refractivity (Wildman–Crippen MR) is 129 cm³/mol. The van der Waals surface area contributed by atoms with Gasteiger partial charge in [-0.2, -0.15) is 0 Å². The second kappa shape index (κ2) is 9.96. The first-order valence-corrected chi connectivity index (χ1v) is 11.4. The number of rotatable bonds is 6. The number of nitrogens with one attached hydrogen (secondary N) is 2. The smallest absolute Gasteiger partial charge is 0.144 e. The molecule has 4 nitrogen and oxygen atoms in total. The van der Waals surface area contributed by atoms with Gasteiger partial charge in [0.2, 0.25) is 0 Å². The molecule has 0 saturated heterocycles. The van der Waals surface area contributed by atoms with E-state index in [1.807, 2.05) is 24.3 Å². The van der Waals surface area contributed by atoms with E-state index >= 15 is 0 Å². The third-order valence-corrected chi connectivity index (χ3v) is 6.91. The average Bonchev–Trinajstić information content (AvgIpc) is 2.80. The van der Waals surface area contributed by atoms with E-state index in [0.29, 0.717) is 12.6 Å². The van der Waals surface area contributed by atoms with E-state index in [-0.39, 0.29) is 19.0 Å². The van der Waals surface area contributed by atoms with Gasteiger partial charge in [-0.15, -0.1) is 12.4 Å². The first kappa shape index (κ1) is 22.0. The number of fused-ring (bicyclic) bond motifs is 3. The molecule has 0 aromatic heterocycles. The first-order valence-electron chi connectivity index (χ1n) is 10.5. The molecule has 3 N–H and O–H groups in total. The van der Waals surface area contributed by atoms with Crippen molar-refractivity contribution in [2.24, 2.45) is 0 Å². The van der Waals surface area contributed by atoms with Crippen LogP contribution < -0.4 is 15.4 Å². The number of aliphatic hydroxyl groups is 1. The molecule has 2 unspecified atom stereocenters. The van der Waals surface area contributed by atoms with Gasteiger partial charge >= 0.3 is 0 Å². The van der Waals surface area contributed by atoms with E-state index in [0.717, 1.165) is 41.3 Å². The van der Waals surface area contributed by atoms with Gasteiger partial charge in [0.05, 0.1) is 11.4 Å². The Balaban J connectivity index is 0.00000231. The second-order valence-electron chi connectivity index (χ2n) is 7.93. The van der Waals surface area contributed by atoms with Gasteiger partial charge in [0.25, 0.3) is 0 Å². The Kier molecular flexibility index (Phi) is 7.08. The molecule has 0 spiro atoms. The highest BCUT2D eigenvalue weighted by atomic mass is 35.5. The Morgan fingerprint density at radius 3 is 2.68 bits per heavy atom. The normalized spacial score (nSPS) is 17.3. The summed E-state index contributed by atoms with van der Waals surface area (Å²) >= 11 is 1.74. The molecule has 1 aliphatic carbocycles. The zero-order chi connectivity index (χ0) is 20.3. The van der Waals surface area contributed by atoms with E-state index < -0.39 is 6.10 Å². The Bertz CT molecular complexity index is 1050. The highest BCUT2D eigenvalue weighted by molar-refractivity contribution is 7.99. The van der Waals surface area contributed by atoms with Crippen LogP contribution in [0.15, 0.2) is 76.5 Å². The molecule has 1 heterocycles. The number of para-hydroxylation sites is 2. The summed E-state index contributed by atoms with van der Waals surface area (Å²) in [7, 11) is 0. The zero-order valence-electron chi connectivity index (χ0n) is 17.2. The fourth-order valence-corrected chi connectivity index (χ4v) is 5.18. The monoisotopic (exact) mass is 454 g/mol. The van der Waals surface area contributed by atoms with Crippen molar-refractivity contribution >= 4 is 35.5 Å². The van der Waals surface area contributed by atoms with Crippen molar-refractivity contribution in [3.05, 3.63) is 77.9 Å². The van der Waals surface area contributed by atoms with Crippen molar-refractivity contribution in [2.75, 3.05) is 18.5 Å². The van der Waals surface area contributed by atoms with Gasteiger partial charge in [-0.1, -0.05) is 54.2 Å². The first-order chi connectivity index (χ1) is 14.8. The summed E-state index contributed by atoms with van der Waals surface area (Å²) < 4.78 is 6.01. The minimum absolute atomic E-state index is 0. The van der Waals surface area contributed by atoms with E-state index in [9.17, 15) is 5.11 Å². The topological polar surface area (TPSA) is 53.5 Å². The van der Waals surface area contributed by atoms with E-state index in [1.165, 1.54) is 16.0 Å². The maximum Gasteiger partial charge on any atom is 0.144 e. The standard InChI is InChI=1S/C25H26N2O2S.ClH/c28-20(15-26-19-13-12-17-6-1-2-7-18(17)14-19)16-29-22-9-5-11-24-25(22)27-21-8-3-4-10-23(21)30-24;/h1-11,19-20,26-28H,12-16H2;1H. The van der Waals surface area contributed by atoms with Crippen molar-refractivity contribution in [3.8, 4) is 5.75 Å². The van der Waals surface area contributed by atoms with Gasteiger partial charge in [-0.25, -0.2) is 0 Å². The van der Waals surface area contributed by atoms with Crippen LogP contribution >= 0.6 is 24.2 Å². The summed E-state index contributed by atoms with van der Waals surface area (Å²) in [6.07, 6.45) is 2.68. The third kappa shape index (κ3) is 5.01. The Morgan fingerprint density at radius 2 is 1.77 bits per heavy atom. The van der Waals surface area contributed by atoms with Crippen LogP contribution in [0.3, 0.4) is 0 Å². The van der Waals surface area contributed by atoms with Crippen LogP contribution in [0.4, 0.5) is 11.4 Å². The molecule has 0 amide bonds. The Labute approximate surface area is 193 Å². The lowest BCUT2D eigenvalue weighted by molar-refractivity contribution is 0.103. The number of hydrogen-bond donors (Lipinski definition) is 3. The van der Waals surface area contributed by atoms with Gasteiger partial charge < -0.3 is 20.5 Å². The van der Waals surface area contributed by atoms with Crippen molar-refractivity contribution in [2.45, 2.75) is 41.2 Å². The second-order valence-corrected chi connectivity index (χ2v) is 9.02. The minimum Gasteiger partial charge on any atom is -0.489 e. The molecule has 6 heteroatoms. The largest absolute Gasteiger partial charge is 0.489 e. The molecule has 2 aliphatic rings. The fraction of sp³-hybridized carbons (Fsp3) is 0.280. The summed E-state index contributed by atoms with van der Waals surface area (Å²) in [5.74, 6) is 0.778. The number of ether oxygens (including phenoxy) is 1. The zero-order valence-corrected chi connectivity index (χ0v) is 18.8. The lowest BCUT2D eigenvalue weighted by atomic mass is 9.88. The third-order valence-electron chi connectivity index (χ3n) is 5.77. The lowest BCUT2D eigenvalue weighted by Gasteiger charge is -2.27. The molecule has 2 atom stereocenters. The minimum atomic E-state index is -0.554. The Hall–Kier alpha value is -2.18. The van der Waals surface area contributed by atoms with Crippen LogP contribution in [0.1, 0.15) is 17.5 Å². The fourth-order valence-electron chi connectivity index (χ4n) is 4.17. The predicted octanol–water partition coefficient (Wildman–Crippen LogP) is 5.20. The van der Waals surface area contributed by atoms with Crippen LogP contribution in [0.5, 0.6) is 5.75 Å². The molecule has 0 saturated carbocycles. The van der Waals surface area contributed by atoms with Crippen molar-refractivity contribution in [1.82, 2.24) is 5.32 Å². The molecule has 3 aromatic rings. The molecular weight excluding hydrogens is 428 g/mol. The van der Waals surface area contributed by atoms with Gasteiger partial charge in [-0.3, -0.25) is 0 Å². The summed E-state index contributed by atoms with van der Waals surface area (Å²) in [6, 6.07) is 23.4. The molecule has 0 fully saturated rings. The number of benzene rings is 3.